The minimum absolute atomic E-state index is 0.0638. The van der Waals surface area contributed by atoms with Gasteiger partial charge in [0.2, 0.25) is 17.8 Å². The number of rotatable bonds is 3. The molecule has 2 aromatic carbocycles. The fourth-order valence-corrected chi connectivity index (χ4v) is 4.06. The van der Waals surface area contributed by atoms with E-state index in [1.54, 1.807) is 16.8 Å². The van der Waals surface area contributed by atoms with Crippen LogP contribution in [0, 0.1) is 5.82 Å². The Labute approximate surface area is 176 Å². The SMILES string of the molecule is O=C1CCC(=O)N1c1nc2n(n1)[C@@H](c1ccc(F)cc1)C[C@H](c1ccc(Cl)cc1)N2. The molecule has 0 aliphatic carbocycles. The highest BCUT2D eigenvalue weighted by atomic mass is 35.5. The third kappa shape index (κ3) is 3.23. The van der Waals surface area contributed by atoms with Gasteiger partial charge in [-0.25, -0.2) is 14.0 Å². The number of amides is 2. The van der Waals surface area contributed by atoms with E-state index in [1.165, 1.54) is 12.1 Å². The molecule has 0 radical (unpaired) electrons. The van der Waals surface area contributed by atoms with Gasteiger partial charge in [-0.2, -0.15) is 4.98 Å². The Morgan fingerprint density at radius 1 is 0.967 bits per heavy atom. The van der Waals surface area contributed by atoms with Crippen LogP contribution < -0.4 is 10.2 Å². The monoisotopic (exact) mass is 425 g/mol. The number of imide groups is 1. The van der Waals surface area contributed by atoms with E-state index in [1.807, 2.05) is 24.3 Å². The van der Waals surface area contributed by atoms with Crippen LogP contribution in [0.4, 0.5) is 16.3 Å². The van der Waals surface area contributed by atoms with Crippen LogP contribution in [0.1, 0.15) is 42.5 Å². The van der Waals surface area contributed by atoms with Crippen molar-refractivity contribution in [3.05, 3.63) is 70.5 Å². The molecule has 0 saturated carbocycles. The Morgan fingerprint density at radius 2 is 1.60 bits per heavy atom. The maximum absolute atomic E-state index is 13.5. The van der Waals surface area contributed by atoms with Crippen molar-refractivity contribution in [3.8, 4) is 0 Å². The van der Waals surface area contributed by atoms with Crippen molar-refractivity contribution < 1.29 is 14.0 Å². The van der Waals surface area contributed by atoms with Gasteiger partial charge in [0.05, 0.1) is 12.1 Å². The number of aromatic nitrogens is 3. The van der Waals surface area contributed by atoms with Crippen molar-refractivity contribution in [1.29, 1.82) is 0 Å². The number of nitrogens with zero attached hydrogens (tertiary/aromatic N) is 4. The summed E-state index contributed by atoms with van der Waals surface area (Å²) < 4.78 is 15.1. The lowest BCUT2D eigenvalue weighted by Crippen LogP contribution is -2.30. The summed E-state index contributed by atoms with van der Waals surface area (Å²) in [6.07, 6.45) is 0.931. The van der Waals surface area contributed by atoms with Crippen molar-refractivity contribution in [1.82, 2.24) is 14.8 Å². The summed E-state index contributed by atoms with van der Waals surface area (Å²) in [7, 11) is 0. The predicted octanol–water partition coefficient (Wildman–Crippen LogP) is 3.87. The molecule has 1 N–H and O–H groups in total. The molecule has 2 aliphatic rings. The van der Waals surface area contributed by atoms with E-state index < -0.39 is 0 Å². The minimum atomic E-state index is -0.324. The number of hydrogen-bond acceptors (Lipinski definition) is 5. The molecule has 3 heterocycles. The van der Waals surface area contributed by atoms with Crippen LogP contribution in [0.15, 0.2) is 48.5 Å². The molecule has 9 heteroatoms. The quantitative estimate of drug-likeness (QED) is 0.644. The van der Waals surface area contributed by atoms with Gasteiger partial charge in [0.25, 0.3) is 5.95 Å². The molecule has 152 valence electrons. The maximum atomic E-state index is 13.5. The topological polar surface area (TPSA) is 80.1 Å². The zero-order chi connectivity index (χ0) is 20.8. The third-order valence-electron chi connectivity index (χ3n) is 5.46. The zero-order valence-electron chi connectivity index (χ0n) is 15.8. The smallest absolute Gasteiger partial charge is 0.260 e. The van der Waals surface area contributed by atoms with Gasteiger partial charge in [-0.1, -0.05) is 35.9 Å². The summed E-state index contributed by atoms with van der Waals surface area (Å²) in [5, 5.41) is 8.45. The molecule has 2 aliphatic heterocycles. The fraction of sp³-hybridized carbons (Fsp3) is 0.238. The molecule has 5 rings (SSSR count). The van der Waals surface area contributed by atoms with E-state index in [9.17, 15) is 14.0 Å². The average Bonchev–Trinajstić information content (AvgIpc) is 3.30. The number of anilines is 2. The van der Waals surface area contributed by atoms with Crippen LogP contribution in [-0.2, 0) is 9.59 Å². The Kier molecular flexibility index (Phi) is 4.51. The standard InChI is InChI=1S/C21H17ClFN5O2/c22-14-5-1-12(2-6-14)16-11-17(13-3-7-15(23)8-4-13)28-20(24-16)25-21(26-28)27-18(29)9-10-19(27)30/h1-8,16-17H,9-11H2,(H,24,25,26)/t16-,17-/m1/s1. The van der Waals surface area contributed by atoms with E-state index in [-0.39, 0.29) is 48.5 Å². The predicted molar refractivity (Wildman–Crippen MR) is 109 cm³/mol. The molecule has 1 saturated heterocycles. The molecule has 30 heavy (non-hydrogen) atoms. The van der Waals surface area contributed by atoms with Crippen LogP contribution in [0.5, 0.6) is 0 Å². The highest BCUT2D eigenvalue weighted by Gasteiger charge is 2.37. The Morgan fingerprint density at radius 3 is 2.27 bits per heavy atom. The van der Waals surface area contributed by atoms with E-state index >= 15 is 0 Å². The second-order valence-corrected chi connectivity index (χ2v) is 7.79. The molecule has 3 aromatic rings. The van der Waals surface area contributed by atoms with Crippen molar-refractivity contribution in [3.63, 3.8) is 0 Å². The van der Waals surface area contributed by atoms with Crippen LogP contribution >= 0.6 is 11.6 Å². The molecular formula is C21H17ClFN5O2. The summed E-state index contributed by atoms with van der Waals surface area (Å²) in [4.78, 5) is 29.8. The largest absolute Gasteiger partial charge is 0.347 e. The minimum Gasteiger partial charge on any atom is -0.347 e. The van der Waals surface area contributed by atoms with E-state index in [4.69, 9.17) is 11.6 Å². The molecular weight excluding hydrogens is 409 g/mol. The molecule has 7 nitrogen and oxygen atoms in total. The van der Waals surface area contributed by atoms with Crippen LogP contribution in [-0.4, -0.2) is 26.6 Å². The summed E-state index contributed by atoms with van der Waals surface area (Å²) in [5.41, 5.74) is 1.87. The lowest BCUT2D eigenvalue weighted by Gasteiger charge is -2.31. The number of hydrogen-bond donors (Lipinski definition) is 1. The van der Waals surface area contributed by atoms with E-state index in [0.29, 0.717) is 17.4 Å². The zero-order valence-corrected chi connectivity index (χ0v) is 16.5. The Balaban J connectivity index is 1.57. The van der Waals surface area contributed by atoms with Crippen LogP contribution in [0.25, 0.3) is 0 Å². The molecule has 0 bridgehead atoms. The lowest BCUT2D eigenvalue weighted by molar-refractivity contribution is -0.121. The summed E-state index contributed by atoms with van der Waals surface area (Å²) in [6, 6.07) is 13.4. The van der Waals surface area contributed by atoms with Crippen molar-refractivity contribution in [2.75, 3.05) is 10.2 Å². The van der Waals surface area contributed by atoms with Gasteiger partial charge in [-0.3, -0.25) is 9.59 Å². The van der Waals surface area contributed by atoms with E-state index in [2.05, 4.69) is 15.4 Å². The van der Waals surface area contributed by atoms with Crippen molar-refractivity contribution in [2.45, 2.75) is 31.3 Å². The molecule has 2 amide bonds. The highest BCUT2D eigenvalue weighted by molar-refractivity contribution is 6.30. The number of fused-ring (bicyclic) bond motifs is 1. The first-order chi connectivity index (χ1) is 14.5. The first-order valence-electron chi connectivity index (χ1n) is 9.59. The first kappa shape index (κ1) is 18.7. The summed E-state index contributed by atoms with van der Waals surface area (Å²) in [5.74, 6) is -0.437. The van der Waals surface area contributed by atoms with E-state index in [0.717, 1.165) is 16.0 Å². The van der Waals surface area contributed by atoms with Gasteiger partial charge in [0.1, 0.15) is 5.82 Å². The molecule has 1 aromatic heterocycles. The van der Waals surface area contributed by atoms with Crippen molar-refractivity contribution >= 4 is 35.3 Å². The van der Waals surface area contributed by atoms with Gasteiger partial charge in [0.15, 0.2) is 0 Å². The van der Waals surface area contributed by atoms with Gasteiger partial charge in [-0.15, -0.1) is 5.10 Å². The van der Waals surface area contributed by atoms with Crippen LogP contribution in [0.2, 0.25) is 5.02 Å². The Hall–Kier alpha value is -3.26. The maximum Gasteiger partial charge on any atom is 0.260 e. The average molecular weight is 426 g/mol. The molecule has 0 unspecified atom stereocenters. The van der Waals surface area contributed by atoms with Gasteiger partial charge >= 0.3 is 0 Å². The summed E-state index contributed by atoms with van der Waals surface area (Å²) in [6.45, 7) is 0. The van der Waals surface area contributed by atoms with Crippen LogP contribution in [0.3, 0.4) is 0 Å². The second-order valence-electron chi connectivity index (χ2n) is 7.35. The van der Waals surface area contributed by atoms with Gasteiger partial charge < -0.3 is 5.32 Å². The number of halogens is 2. The third-order valence-corrected chi connectivity index (χ3v) is 5.71. The second kappa shape index (κ2) is 7.21. The first-order valence-corrected chi connectivity index (χ1v) is 9.97. The Bertz CT molecular complexity index is 1110. The van der Waals surface area contributed by atoms with Gasteiger partial charge in [0, 0.05) is 17.9 Å². The van der Waals surface area contributed by atoms with Crippen molar-refractivity contribution in [2.24, 2.45) is 0 Å². The molecule has 0 spiro atoms. The number of carbonyl (C=O) groups is 2. The summed E-state index contributed by atoms with van der Waals surface area (Å²) >= 11 is 6.02. The number of benzene rings is 2. The van der Waals surface area contributed by atoms with Gasteiger partial charge in [-0.05, 0) is 41.8 Å². The normalized spacial score (nSPS) is 20.9. The number of carbonyl (C=O) groups excluding carboxylic acids is 2. The molecule has 2 atom stereocenters. The lowest BCUT2D eigenvalue weighted by atomic mass is 9.93. The highest BCUT2D eigenvalue weighted by Crippen LogP contribution is 2.39. The molecule has 1 fully saturated rings. The number of nitrogens with one attached hydrogen (secondary N) is 1. The fourth-order valence-electron chi connectivity index (χ4n) is 3.94.